The average molecular weight is 194 g/mol. The molecule has 0 bridgehead atoms. The number of carbonyl (C=O) groups excluding carboxylic acids is 1. The lowest BCUT2D eigenvalue weighted by molar-refractivity contribution is -0.123. The third-order valence-corrected chi connectivity index (χ3v) is 1.69. The number of aromatic nitrogens is 2. The Bertz CT molecular complexity index is 411. The molecule has 0 saturated carbocycles. The second-order valence-electron chi connectivity index (χ2n) is 2.84. The fourth-order valence-corrected chi connectivity index (χ4v) is 0.860. The van der Waals surface area contributed by atoms with E-state index in [9.17, 15) is 9.59 Å². The quantitative estimate of drug-likeness (QED) is 0.603. The highest BCUT2D eigenvalue weighted by molar-refractivity contribution is 5.80. The molecule has 0 aliphatic carbocycles. The molecule has 0 radical (unpaired) electrons. The Hall–Kier alpha value is -2.03. The van der Waals surface area contributed by atoms with E-state index in [1.165, 1.54) is 13.1 Å². The minimum Gasteiger partial charge on any atom is -0.349 e. The number of hydrogen-bond donors (Lipinski definition) is 3. The van der Waals surface area contributed by atoms with Crippen LogP contribution in [0.4, 0.5) is 0 Å². The normalized spacial score (nSPS) is 11.7. The van der Waals surface area contributed by atoms with Gasteiger partial charge in [-0.3, -0.25) is 4.79 Å². The smallest absolute Gasteiger partial charge is 0.323 e. The van der Waals surface area contributed by atoms with Crippen molar-refractivity contribution in [2.24, 2.45) is 5.92 Å². The molecule has 74 valence electrons. The van der Waals surface area contributed by atoms with Crippen LogP contribution in [-0.2, 0) is 11.3 Å². The zero-order chi connectivity index (χ0) is 10.6. The van der Waals surface area contributed by atoms with Gasteiger partial charge in [-0.15, -0.1) is 0 Å². The standard InChI is InChI=1S/C8H10N4O2/c1-5(2-9)7(13)10-3-6-4-11-8(14)12-6/h4-5H,3H2,1H3,(H,10,13)(H2,11,12,14). The van der Waals surface area contributed by atoms with Gasteiger partial charge < -0.3 is 15.3 Å². The summed E-state index contributed by atoms with van der Waals surface area (Å²) in [5, 5.41) is 10.9. The van der Waals surface area contributed by atoms with E-state index >= 15 is 0 Å². The van der Waals surface area contributed by atoms with Crippen molar-refractivity contribution in [1.82, 2.24) is 15.3 Å². The van der Waals surface area contributed by atoms with E-state index < -0.39 is 5.92 Å². The number of amides is 1. The van der Waals surface area contributed by atoms with Crippen molar-refractivity contribution >= 4 is 5.91 Å². The molecular formula is C8H10N4O2. The molecule has 0 spiro atoms. The summed E-state index contributed by atoms with van der Waals surface area (Å²) in [7, 11) is 0. The zero-order valence-electron chi connectivity index (χ0n) is 7.63. The summed E-state index contributed by atoms with van der Waals surface area (Å²) >= 11 is 0. The number of nitrogens with zero attached hydrogens (tertiary/aromatic N) is 1. The van der Waals surface area contributed by atoms with Crippen LogP contribution in [0.25, 0.3) is 0 Å². The highest BCUT2D eigenvalue weighted by Gasteiger charge is 2.10. The predicted molar refractivity (Wildman–Crippen MR) is 48.0 cm³/mol. The molecule has 1 unspecified atom stereocenters. The first-order chi connectivity index (χ1) is 6.63. The highest BCUT2D eigenvalue weighted by Crippen LogP contribution is 1.93. The minimum atomic E-state index is -0.680. The molecule has 14 heavy (non-hydrogen) atoms. The summed E-state index contributed by atoms with van der Waals surface area (Å²) in [4.78, 5) is 26.7. The molecule has 1 atom stereocenters. The van der Waals surface area contributed by atoms with Crippen LogP contribution in [0, 0.1) is 17.2 Å². The van der Waals surface area contributed by atoms with Crippen molar-refractivity contribution in [3.8, 4) is 6.07 Å². The number of hydrogen-bond acceptors (Lipinski definition) is 3. The van der Waals surface area contributed by atoms with Crippen molar-refractivity contribution in [3.05, 3.63) is 22.4 Å². The molecule has 0 saturated heterocycles. The Labute approximate surface area is 80.0 Å². The number of imidazole rings is 1. The van der Waals surface area contributed by atoms with Gasteiger partial charge in [-0.1, -0.05) is 0 Å². The summed E-state index contributed by atoms with van der Waals surface area (Å²) < 4.78 is 0. The molecule has 3 N–H and O–H groups in total. The van der Waals surface area contributed by atoms with Crippen LogP contribution in [0.5, 0.6) is 0 Å². The molecular weight excluding hydrogens is 184 g/mol. The van der Waals surface area contributed by atoms with E-state index in [0.29, 0.717) is 5.69 Å². The maximum Gasteiger partial charge on any atom is 0.323 e. The van der Waals surface area contributed by atoms with E-state index in [4.69, 9.17) is 5.26 Å². The first kappa shape index (κ1) is 10.1. The summed E-state index contributed by atoms with van der Waals surface area (Å²) in [6, 6.07) is 1.81. The van der Waals surface area contributed by atoms with Gasteiger partial charge in [0, 0.05) is 6.20 Å². The van der Waals surface area contributed by atoms with Crippen LogP contribution in [0.1, 0.15) is 12.6 Å². The van der Waals surface area contributed by atoms with Gasteiger partial charge in [0.25, 0.3) is 0 Å². The second kappa shape index (κ2) is 4.28. The van der Waals surface area contributed by atoms with Gasteiger partial charge in [0.05, 0.1) is 18.3 Å². The molecule has 0 aliphatic rings. The van der Waals surface area contributed by atoms with Crippen molar-refractivity contribution in [3.63, 3.8) is 0 Å². The molecule has 1 heterocycles. The molecule has 1 rings (SSSR count). The second-order valence-corrected chi connectivity index (χ2v) is 2.84. The maximum absolute atomic E-state index is 11.1. The van der Waals surface area contributed by atoms with E-state index in [1.807, 2.05) is 6.07 Å². The lowest BCUT2D eigenvalue weighted by atomic mass is 10.2. The summed E-state index contributed by atoms with van der Waals surface area (Å²) in [6.45, 7) is 1.72. The van der Waals surface area contributed by atoms with Crippen LogP contribution >= 0.6 is 0 Å². The molecule has 0 fully saturated rings. The van der Waals surface area contributed by atoms with Gasteiger partial charge in [-0.2, -0.15) is 5.26 Å². The topological polar surface area (TPSA) is 102 Å². The van der Waals surface area contributed by atoms with Gasteiger partial charge in [-0.25, -0.2) is 4.79 Å². The molecule has 1 aromatic rings. The molecule has 6 heteroatoms. The van der Waals surface area contributed by atoms with Crippen LogP contribution < -0.4 is 11.0 Å². The van der Waals surface area contributed by atoms with Crippen LogP contribution in [-0.4, -0.2) is 15.9 Å². The third kappa shape index (κ3) is 2.48. The molecule has 0 aromatic carbocycles. The van der Waals surface area contributed by atoms with E-state index in [-0.39, 0.29) is 18.1 Å². The van der Waals surface area contributed by atoms with Crippen LogP contribution in [0.2, 0.25) is 0 Å². The maximum atomic E-state index is 11.1. The van der Waals surface area contributed by atoms with E-state index in [1.54, 1.807) is 0 Å². The number of H-pyrrole nitrogens is 2. The number of carbonyl (C=O) groups is 1. The average Bonchev–Trinajstić information content (AvgIpc) is 2.59. The van der Waals surface area contributed by atoms with Gasteiger partial charge in [0.2, 0.25) is 5.91 Å². The van der Waals surface area contributed by atoms with Gasteiger partial charge in [-0.05, 0) is 6.92 Å². The first-order valence-corrected chi connectivity index (χ1v) is 4.07. The summed E-state index contributed by atoms with van der Waals surface area (Å²) in [5.74, 6) is -1.03. The largest absolute Gasteiger partial charge is 0.349 e. The van der Waals surface area contributed by atoms with E-state index in [0.717, 1.165) is 0 Å². The van der Waals surface area contributed by atoms with Crippen molar-refractivity contribution in [2.45, 2.75) is 13.5 Å². The minimum absolute atomic E-state index is 0.212. The monoisotopic (exact) mass is 194 g/mol. The zero-order valence-corrected chi connectivity index (χ0v) is 7.63. The fourth-order valence-electron chi connectivity index (χ4n) is 0.860. The van der Waals surface area contributed by atoms with Gasteiger partial charge >= 0.3 is 5.69 Å². The van der Waals surface area contributed by atoms with Crippen molar-refractivity contribution in [1.29, 1.82) is 5.26 Å². The van der Waals surface area contributed by atoms with Crippen molar-refractivity contribution < 1.29 is 4.79 Å². The van der Waals surface area contributed by atoms with Gasteiger partial charge in [0.15, 0.2) is 0 Å². The molecule has 1 amide bonds. The Kier molecular flexibility index (Phi) is 3.07. The number of nitriles is 1. The van der Waals surface area contributed by atoms with Crippen molar-refractivity contribution in [2.75, 3.05) is 0 Å². The van der Waals surface area contributed by atoms with Crippen LogP contribution in [0.15, 0.2) is 11.0 Å². The van der Waals surface area contributed by atoms with E-state index in [2.05, 4.69) is 15.3 Å². The highest BCUT2D eigenvalue weighted by atomic mass is 16.2. The summed E-state index contributed by atoms with van der Waals surface area (Å²) in [5.41, 5.74) is 0.260. The SMILES string of the molecule is CC(C#N)C(=O)NCc1c[nH]c(=O)[nH]1. The fraction of sp³-hybridized carbons (Fsp3) is 0.375. The molecule has 0 aliphatic heterocycles. The van der Waals surface area contributed by atoms with Gasteiger partial charge in [0.1, 0.15) is 5.92 Å². The Morgan fingerprint density at radius 1 is 1.79 bits per heavy atom. The lowest BCUT2D eigenvalue weighted by Crippen LogP contribution is -2.28. The lowest BCUT2D eigenvalue weighted by Gasteiger charge is -2.03. The van der Waals surface area contributed by atoms with Crippen LogP contribution in [0.3, 0.4) is 0 Å². The number of aromatic amines is 2. The number of rotatable bonds is 3. The molecule has 6 nitrogen and oxygen atoms in total. The Morgan fingerprint density at radius 2 is 2.50 bits per heavy atom. The first-order valence-electron chi connectivity index (χ1n) is 4.07. The third-order valence-electron chi connectivity index (χ3n) is 1.69. The predicted octanol–water partition coefficient (Wildman–Crippen LogP) is -0.521. The molecule has 1 aromatic heterocycles. The summed E-state index contributed by atoms with van der Waals surface area (Å²) in [6.07, 6.45) is 1.47. The Morgan fingerprint density at radius 3 is 3.00 bits per heavy atom. The number of nitrogens with one attached hydrogen (secondary N) is 3. The Balaban J connectivity index is 2.46.